The Morgan fingerprint density at radius 2 is 2.48 bits per heavy atom. The van der Waals surface area contributed by atoms with Gasteiger partial charge in [0.1, 0.15) is 6.61 Å². The molecule has 112 valence electrons. The van der Waals surface area contributed by atoms with Crippen molar-refractivity contribution in [3.05, 3.63) is 35.5 Å². The predicted molar refractivity (Wildman–Crippen MR) is 82.5 cm³/mol. The molecule has 0 saturated carbocycles. The number of fused-ring (bicyclic) bond motifs is 1. The monoisotopic (exact) mass is 297 g/mol. The smallest absolute Gasteiger partial charge is 0.407 e. The lowest BCUT2D eigenvalue weighted by atomic mass is 10.0. The summed E-state index contributed by atoms with van der Waals surface area (Å²) in [6, 6.07) is -3.42. The molecule has 2 aromatic rings. The third kappa shape index (κ3) is 3.19. The Balaban J connectivity index is 2.29. The summed E-state index contributed by atoms with van der Waals surface area (Å²) in [7, 11) is 2.68. The Kier molecular flexibility index (Phi) is 1.76. The number of aromatic amines is 1. The maximum atomic E-state index is 11.5. The van der Waals surface area contributed by atoms with Gasteiger partial charge in [-0.3, -0.25) is 0 Å². The quantitative estimate of drug-likeness (QED) is 0.886. The van der Waals surface area contributed by atoms with Gasteiger partial charge >= 0.3 is 6.09 Å². The van der Waals surface area contributed by atoms with Crippen LogP contribution in [0.15, 0.2) is 24.3 Å². The number of hydrogen-bond acceptors (Lipinski definition) is 3. The number of amides is 1. The lowest BCUT2D eigenvalue weighted by molar-refractivity contribution is 0.177. The fraction of sp³-hybridized carbons (Fsp3) is 0.438. The normalized spacial score (nSPS) is 30.4. The van der Waals surface area contributed by atoms with Crippen LogP contribution in [0.2, 0.25) is 2.82 Å². The van der Waals surface area contributed by atoms with Crippen LogP contribution in [0.1, 0.15) is 22.1 Å². The first kappa shape index (κ1) is 6.40. The average Bonchev–Trinajstić information content (AvgIpc) is 3.16. The van der Waals surface area contributed by atoms with E-state index in [1.807, 2.05) is 0 Å². The number of aryl methyl sites for hydroxylation is 1. The Hall–Kier alpha value is -2.01. The summed E-state index contributed by atoms with van der Waals surface area (Å²) < 4.78 is 87.2. The number of likely N-dealkylation sites (N-methyl/N-ethyl adjacent to an activating group) is 1. The van der Waals surface area contributed by atoms with Gasteiger partial charge in [0.25, 0.3) is 0 Å². The molecule has 0 unspecified atom stereocenters. The molecule has 2 N–H and O–H groups in total. The van der Waals surface area contributed by atoms with Gasteiger partial charge < -0.3 is 19.9 Å². The number of alkyl carbamates (subject to hydrolysis) is 1. The van der Waals surface area contributed by atoms with Crippen molar-refractivity contribution in [1.82, 2.24) is 15.2 Å². The first-order valence-corrected chi connectivity index (χ1v) is 6.34. The summed E-state index contributed by atoms with van der Waals surface area (Å²) in [4.78, 5) is 13.2. The van der Waals surface area contributed by atoms with Gasteiger partial charge in [-0.2, -0.15) is 0 Å². The van der Waals surface area contributed by atoms with Crippen molar-refractivity contribution in [2.45, 2.75) is 18.8 Å². The second-order valence-corrected chi connectivity index (χ2v) is 4.79. The Morgan fingerprint density at radius 3 is 3.19 bits per heavy atom. The molecule has 1 aromatic heterocycles. The molecule has 5 heteroatoms. The number of H-pyrrole nitrogens is 1. The van der Waals surface area contributed by atoms with Gasteiger partial charge in [0.2, 0.25) is 0 Å². The lowest BCUT2D eigenvalue weighted by Crippen LogP contribution is -2.28. The molecule has 1 aromatic carbocycles. The molecule has 5 nitrogen and oxygen atoms in total. The van der Waals surface area contributed by atoms with Crippen LogP contribution in [-0.4, -0.2) is 49.2 Å². The van der Waals surface area contributed by atoms with Crippen molar-refractivity contribution in [3.63, 3.8) is 0 Å². The third-order valence-electron chi connectivity index (χ3n) is 2.84. The molecular formula is C16H21N3O2. The van der Waals surface area contributed by atoms with Crippen LogP contribution in [0.25, 0.3) is 10.9 Å². The Morgan fingerprint density at radius 1 is 1.62 bits per heavy atom. The minimum atomic E-state index is -2.71. The van der Waals surface area contributed by atoms with Crippen LogP contribution in [-0.2, 0) is 17.5 Å². The van der Waals surface area contributed by atoms with E-state index in [2.05, 4.69) is 0 Å². The summed E-state index contributed by atoms with van der Waals surface area (Å²) in [5.41, 5.74) is -0.791. The van der Waals surface area contributed by atoms with E-state index >= 15 is 0 Å². The molecule has 1 atom stereocenters. The first-order valence-electron chi connectivity index (χ1n) is 11.2. The molecule has 1 saturated heterocycles. The summed E-state index contributed by atoms with van der Waals surface area (Å²) in [5, 5.41) is 0.0484. The molecule has 21 heavy (non-hydrogen) atoms. The van der Waals surface area contributed by atoms with Crippen LogP contribution in [0.4, 0.5) is 4.79 Å². The molecular weight excluding hydrogens is 266 g/mol. The second kappa shape index (κ2) is 5.77. The summed E-state index contributed by atoms with van der Waals surface area (Å²) in [5.74, 6) is 0. The first-order chi connectivity index (χ1) is 14.1. The number of aromatic nitrogens is 1. The second-order valence-electron chi connectivity index (χ2n) is 4.79. The highest BCUT2D eigenvalue weighted by Gasteiger charge is 2.22. The molecule has 0 bridgehead atoms. The molecule has 0 radical (unpaired) electrons. The predicted octanol–water partition coefficient (Wildman–Crippen LogP) is 1.92. The van der Waals surface area contributed by atoms with Crippen molar-refractivity contribution in [2.24, 2.45) is 0 Å². The highest BCUT2D eigenvalue weighted by Crippen LogP contribution is 2.21. The molecule has 0 aliphatic carbocycles. The van der Waals surface area contributed by atoms with E-state index in [9.17, 15) is 4.79 Å². The maximum Gasteiger partial charge on any atom is 0.407 e. The van der Waals surface area contributed by atoms with Gasteiger partial charge in [0.15, 0.2) is 2.82 Å². The summed E-state index contributed by atoms with van der Waals surface area (Å²) in [6.45, 7) is -3.04. The molecule has 1 fully saturated rings. The van der Waals surface area contributed by atoms with E-state index in [0.29, 0.717) is 4.98 Å². The van der Waals surface area contributed by atoms with Crippen molar-refractivity contribution in [1.29, 1.82) is 0 Å². The van der Waals surface area contributed by atoms with Crippen molar-refractivity contribution in [3.8, 4) is 0 Å². The summed E-state index contributed by atoms with van der Waals surface area (Å²) in [6.07, 6.45) is -3.31. The number of benzene rings is 1. The van der Waals surface area contributed by atoms with E-state index in [4.69, 9.17) is 18.5 Å². The van der Waals surface area contributed by atoms with E-state index in [-0.39, 0.29) is 27.3 Å². The topological polar surface area (TPSA) is 57.4 Å². The Bertz CT molecular complexity index is 1070. The summed E-state index contributed by atoms with van der Waals surface area (Å²) >= 11 is 0. The number of hydrogen-bond donors (Lipinski definition) is 2. The van der Waals surface area contributed by atoms with Gasteiger partial charge in [-0.05, 0) is 50.1 Å². The highest BCUT2D eigenvalue weighted by atomic mass is 16.6. The Labute approximate surface area is 138 Å². The third-order valence-corrected chi connectivity index (χ3v) is 2.84. The fourth-order valence-corrected chi connectivity index (χ4v) is 1.91. The standard InChI is InChI=1S/C16H21N3O2/c1-19(2)6-5-12-9-17-15-4-3-11(8-14(12)15)7-13-10-21-16(20)18-13/h3-4,8-9,13,17H,5-7,10H2,1-2H3,(H,18,20)/t13-/m1/s1/i3D,4D,5D2,6D2,8D,13D/hD2. The van der Waals surface area contributed by atoms with Gasteiger partial charge in [0, 0.05) is 29.1 Å². The lowest BCUT2D eigenvalue weighted by Gasteiger charge is -2.09. The largest absolute Gasteiger partial charge is 0.447 e. The number of carbonyl (C=O) groups is 1. The number of rotatable bonds is 5. The molecule has 1 amide bonds. The molecule has 2 heterocycles. The zero-order chi connectivity index (χ0) is 23.7. The number of nitrogens with zero attached hydrogens (tertiary/aromatic N) is 1. The van der Waals surface area contributed by atoms with Gasteiger partial charge in [-0.25, -0.2) is 4.79 Å². The number of ether oxygens (including phenoxy) is 1. The fourth-order valence-electron chi connectivity index (χ4n) is 1.91. The molecule has 1 aliphatic rings. The number of carbonyl (C=O) groups excluding carboxylic acids is 1. The van der Waals surface area contributed by atoms with Crippen LogP contribution in [0.5, 0.6) is 0 Å². The van der Waals surface area contributed by atoms with E-state index in [0.717, 1.165) is 11.1 Å². The number of nitrogens with one attached hydrogen (secondary N) is 2. The zero-order valence-electron chi connectivity index (χ0n) is 21.6. The van der Waals surface area contributed by atoms with E-state index < -0.39 is 56.1 Å². The van der Waals surface area contributed by atoms with Crippen LogP contribution < -0.4 is 5.31 Å². The van der Waals surface area contributed by atoms with Gasteiger partial charge in [-0.15, -0.1) is 0 Å². The van der Waals surface area contributed by atoms with Crippen LogP contribution >= 0.6 is 0 Å². The van der Waals surface area contributed by atoms with E-state index in [1.54, 1.807) is 0 Å². The van der Waals surface area contributed by atoms with Crippen molar-refractivity contribution >= 4 is 17.0 Å². The van der Waals surface area contributed by atoms with Gasteiger partial charge in [0.05, 0.1) is 11.5 Å². The zero-order valence-corrected chi connectivity index (χ0v) is 11.6. The maximum absolute atomic E-state index is 11.5. The van der Waals surface area contributed by atoms with Crippen LogP contribution in [0, 0.1) is 0 Å². The average molecular weight is 297 g/mol. The molecule has 3 rings (SSSR count). The molecule has 1 aliphatic heterocycles. The minimum Gasteiger partial charge on any atom is -0.447 e. The van der Waals surface area contributed by atoms with Crippen molar-refractivity contribution < 1.29 is 23.3 Å². The van der Waals surface area contributed by atoms with Gasteiger partial charge in [-0.1, -0.05) is 6.04 Å². The SMILES string of the molecule is [2H]c1c(C[C@]2([2H])COC(=O)N2[2H])c([2H])c2c(C([2H])([2H])C([2H])([2H])N(C)C)cn([2H])c2c1[2H]. The number of cyclic esters (lactones) is 1. The van der Waals surface area contributed by atoms with Crippen molar-refractivity contribution in [2.75, 3.05) is 27.2 Å². The van der Waals surface area contributed by atoms with Crippen LogP contribution in [0.3, 0.4) is 0 Å². The highest BCUT2D eigenvalue weighted by molar-refractivity contribution is 5.84. The van der Waals surface area contributed by atoms with E-state index in [1.165, 1.54) is 14.1 Å². The minimum absolute atomic E-state index is 0.197. The molecule has 0 spiro atoms.